The van der Waals surface area contributed by atoms with Gasteiger partial charge in [-0.1, -0.05) is 17.7 Å². The van der Waals surface area contributed by atoms with E-state index >= 15 is 0 Å². The molecule has 21 heavy (non-hydrogen) atoms. The van der Waals surface area contributed by atoms with E-state index in [0.29, 0.717) is 22.6 Å². The molecule has 0 spiro atoms. The summed E-state index contributed by atoms with van der Waals surface area (Å²) in [6.45, 7) is 0. The molecule has 2 N–H and O–H groups in total. The molecule has 6 heteroatoms. The summed E-state index contributed by atoms with van der Waals surface area (Å²) < 4.78 is 24.5. The molecule has 112 valence electrons. The second kappa shape index (κ2) is 6.64. The summed E-state index contributed by atoms with van der Waals surface area (Å²) in [5.41, 5.74) is 7.57. The molecule has 0 aliphatic carbocycles. The smallest absolute Gasteiger partial charge is 0.133 e. The molecule has 0 amide bonds. The fourth-order valence-electron chi connectivity index (χ4n) is 2.05. The molecule has 0 radical (unpaired) electrons. The SMILES string of the molecule is COc1cc(C(N)c2ccc(F)cc2Cl)c(OC)cc1Br. The molecule has 0 saturated heterocycles. The number of hydrogen-bond donors (Lipinski definition) is 1. The monoisotopic (exact) mass is 373 g/mol. The Labute approximate surface area is 135 Å². The van der Waals surface area contributed by atoms with E-state index < -0.39 is 11.9 Å². The number of methoxy groups -OCH3 is 2. The number of nitrogens with two attached hydrogens (primary N) is 1. The molecule has 2 rings (SSSR count). The van der Waals surface area contributed by atoms with Crippen molar-refractivity contribution in [2.45, 2.75) is 6.04 Å². The maximum Gasteiger partial charge on any atom is 0.133 e. The Morgan fingerprint density at radius 2 is 1.76 bits per heavy atom. The van der Waals surface area contributed by atoms with Gasteiger partial charge in [-0.05, 0) is 45.8 Å². The minimum absolute atomic E-state index is 0.270. The molecule has 0 bridgehead atoms. The van der Waals surface area contributed by atoms with E-state index in [1.807, 2.05) is 0 Å². The lowest BCUT2D eigenvalue weighted by Gasteiger charge is -2.19. The molecule has 0 aliphatic rings. The highest BCUT2D eigenvalue weighted by Crippen LogP contribution is 2.38. The van der Waals surface area contributed by atoms with Crippen LogP contribution in [0, 0.1) is 5.82 Å². The predicted octanol–water partition coefficient (Wildman–Crippen LogP) is 4.31. The van der Waals surface area contributed by atoms with Gasteiger partial charge in [0.05, 0.1) is 24.7 Å². The van der Waals surface area contributed by atoms with Crippen molar-refractivity contribution in [1.82, 2.24) is 0 Å². The van der Waals surface area contributed by atoms with E-state index in [9.17, 15) is 4.39 Å². The van der Waals surface area contributed by atoms with E-state index in [1.165, 1.54) is 12.1 Å². The summed E-state index contributed by atoms with van der Waals surface area (Å²) in [7, 11) is 3.11. The Kier molecular flexibility index (Phi) is 5.08. The van der Waals surface area contributed by atoms with Crippen molar-refractivity contribution in [3.05, 3.63) is 56.8 Å². The average Bonchev–Trinajstić information content (AvgIpc) is 2.46. The van der Waals surface area contributed by atoms with Crippen molar-refractivity contribution in [2.75, 3.05) is 14.2 Å². The molecule has 2 aromatic carbocycles. The molecule has 1 atom stereocenters. The van der Waals surface area contributed by atoms with Crippen LogP contribution >= 0.6 is 27.5 Å². The normalized spacial score (nSPS) is 12.1. The molecule has 1 unspecified atom stereocenters. The van der Waals surface area contributed by atoms with Crippen LogP contribution in [0.15, 0.2) is 34.8 Å². The number of benzene rings is 2. The minimum Gasteiger partial charge on any atom is -0.496 e. The molecule has 0 saturated carbocycles. The lowest BCUT2D eigenvalue weighted by atomic mass is 9.98. The van der Waals surface area contributed by atoms with Gasteiger partial charge in [-0.3, -0.25) is 0 Å². The third-order valence-corrected chi connectivity index (χ3v) is 4.08. The third kappa shape index (κ3) is 3.31. The Morgan fingerprint density at radius 3 is 2.33 bits per heavy atom. The van der Waals surface area contributed by atoms with Crippen LogP contribution < -0.4 is 15.2 Å². The van der Waals surface area contributed by atoms with Crippen molar-refractivity contribution in [3.63, 3.8) is 0 Å². The molecular weight excluding hydrogens is 361 g/mol. The van der Waals surface area contributed by atoms with Crippen LogP contribution in [0.5, 0.6) is 11.5 Å². The lowest BCUT2D eigenvalue weighted by molar-refractivity contribution is 0.395. The van der Waals surface area contributed by atoms with Gasteiger partial charge in [0, 0.05) is 10.6 Å². The van der Waals surface area contributed by atoms with Gasteiger partial charge in [-0.2, -0.15) is 0 Å². The summed E-state index contributed by atoms with van der Waals surface area (Å²) >= 11 is 9.46. The highest BCUT2D eigenvalue weighted by molar-refractivity contribution is 9.10. The second-order valence-corrected chi connectivity index (χ2v) is 5.63. The second-order valence-electron chi connectivity index (χ2n) is 4.37. The van der Waals surface area contributed by atoms with E-state index in [0.717, 1.165) is 4.47 Å². The quantitative estimate of drug-likeness (QED) is 0.867. The van der Waals surface area contributed by atoms with Gasteiger partial charge < -0.3 is 15.2 Å². The van der Waals surface area contributed by atoms with Crippen molar-refractivity contribution in [3.8, 4) is 11.5 Å². The molecule has 0 aromatic heterocycles. The number of ether oxygens (including phenoxy) is 2. The first-order valence-electron chi connectivity index (χ1n) is 6.10. The largest absolute Gasteiger partial charge is 0.496 e. The number of halogens is 3. The number of rotatable bonds is 4. The van der Waals surface area contributed by atoms with Gasteiger partial charge in [-0.15, -0.1) is 0 Å². The van der Waals surface area contributed by atoms with Crippen LogP contribution in [0.3, 0.4) is 0 Å². The molecule has 0 fully saturated rings. The molecule has 2 aromatic rings. The van der Waals surface area contributed by atoms with Gasteiger partial charge in [0.1, 0.15) is 17.3 Å². The summed E-state index contributed by atoms with van der Waals surface area (Å²) in [5, 5.41) is 0.270. The highest BCUT2D eigenvalue weighted by atomic mass is 79.9. The van der Waals surface area contributed by atoms with Gasteiger partial charge in [0.15, 0.2) is 0 Å². The molecule has 3 nitrogen and oxygen atoms in total. The van der Waals surface area contributed by atoms with Crippen LogP contribution in [0.2, 0.25) is 5.02 Å². The Bertz CT molecular complexity index is 666. The van der Waals surface area contributed by atoms with Gasteiger partial charge >= 0.3 is 0 Å². The van der Waals surface area contributed by atoms with E-state index in [-0.39, 0.29) is 5.02 Å². The molecular formula is C15H14BrClFNO2. The minimum atomic E-state index is -0.560. The standard InChI is InChI=1S/C15H14BrClFNO2/c1-20-13-7-11(16)14(21-2)6-10(13)15(19)9-4-3-8(18)5-12(9)17/h3-7,15H,19H2,1-2H3. The van der Waals surface area contributed by atoms with Crippen LogP contribution in [-0.2, 0) is 0 Å². The van der Waals surface area contributed by atoms with Gasteiger partial charge in [-0.25, -0.2) is 4.39 Å². The van der Waals surface area contributed by atoms with Crippen molar-refractivity contribution < 1.29 is 13.9 Å². The third-order valence-electron chi connectivity index (χ3n) is 3.14. The zero-order valence-electron chi connectivity index (χ0n) is 11.5. The maximum atomic E-state index is 13.2. The zero-order valence-corrected chi connectivity index (χ0v) is 13.8. The van der Waals surface area contributed by atoms with Crippen molar-refractivity contribution in [1.29, 1.82) is 0 Å². The summed E-state index contributed by atoms with van der Waals surface area (Å²) in [5.74, 6) is 0.811. The van der Waals surface area contributed by atoms with Crippen LogP contribution in [0.25, 0.3) is 0 Å². The Morgan fingerprint density at radius 1 is 1.10 bits per heavy atom. The summed E-state index contributed by atoms with van der Waals surface area (Å²) in [6, 6.07) is 7.10. The van der Waals surface area contributed by atoms with Crippen molar-refractivity contribution in [2.24, 2.45) is 5.73 Å². The van der Waals surface area contributed by atoms with Gasteiger partial charge in [0.2, 0.25) is 0 Å². The maximum absolute atomic E-state index is 13.2. The van der Waals surface area contributed by atoms with E-state index in [4.69, 9.17) is 26.8 Å². The van der Waals surface area contributed by atoms with Crippen molar-refractivity contribution >= 4 is 27.5 Å². The fourth-order valence-corrected chi connectivity index (χ4v) is 2.82. The fraction of sp³-hybridized carbons (Fsp3) is 0.200. The predicted molar refractivity (Wildman–Crippen MR) is 84.7 cm³/mol. The average molecular weight is 375 g/mol. The number of hydrogen-bond acceptors (Lipinski definition) is 3. The molecule has 0 aliphatic heterocycles. The summed E-state index contributed by atoms with van der Waals surface area (Å²) in [4.78, 5) is 0. The van der Waals surface area contributed by atoms with E-state index in [1.54, 1.807) is 32.4 Å². The zero-order chi connectivity index (χ0) is 15.6. The van der Waals surface area contributed by atoms with E-state index in [2.05, 4.69) is 15.9 Å². The van der Waals surface area contributed by atoms with Gasteiger partial charge in [0.25, 0.3) is 0 Å². The highest BCUT2D eigenvalue weighted by Gasteiger charge is 2.19. The topological polar surface area (TPSA) is 44.5 Å². The summed E-state index contributed by atoms with van der Waals surface area (Å²) in [6.07, 6.45) is 0. The molecule has 0 heterocycles. The van der Waals surface area contributed by atoms with Crippen LogP contribution in [-0.4, -0.2) is 14.2 Å². The Hall–Kier alpha value is -1.30. The first-order chi connectivity index (χ1) is 9.97. The Balaban J connectivity index is 2.53. The van der Waals surface area contributed by atoms with Crippen LogP contribution in [0.4, 0.5) is 4.39 Å². The first-order valence-corrected chi connectivity index (χ1v) is 7.27. The lowest BCUT2D eigenvalue weighted by Crippen LogP contribution is -2.14. The first kappa shape index (κ1) is 16.1. The van der Waals surface area contributed by atoms with Crippen LogP contribution in [0.1, 0.15) is 17.2 Å².